The number of aromatic nitrogens is 3. The van der Waals surface area contributed by atoms with Crippen LogP contribution in [0.3, 0.4) is 0 Å². The van der Waals surface area contributed by atoms with Gasteiger partial charge in [-0.2, -0.15) is 10.5 Å². The van der Waals surface area contributed by atoms with Crippen molar-refractivity contribution in [1.29, 1.82) is 10.5 Å². The van der Waals surface area contributed by atoms with Gasteiger partial charge in [0.05, 0.1) is 22.2 Å². The summed E-state index contributed by atoms with van der Waals surface area (Å²) in [5.74, 6) is -1.52. The summed E-state index contributed by atoms with van der Waals surface area (Å²) in [5, 5.41) is 38.0. The fourth-order valence-corrected chi connectivity index (χ4v) is 3.60. The van der Waals surface area contributed by atoms with Crippen LogP contribution in [0.1, 0.15) is 11.1 Å². The molecule has 150 valence electrons. The SMILES string of the molecule is C[n+]1noc([O-])c1-c1c(C#N)c(N)nc(SCC(=O)Nc2cccc(Cl)c2)c1C#N. The highest BCUT2D eigenvalue weighted by atomic mass is 35.5. The van der Waals surface area contributed by atoms with Crippen LogP contribution in [0, 0.1) is 22.7 Å². The van der Waals surface area contributed by atoms with Gasteiger partial charge >= 0.3 is 0 Å². The van der Waals surface area contributed by atoms with Gasteiger partial charge in [-0.3, -0.25) is 4.79 Å². The average molecular weight is 442 g/mol. The van der Waals surface area contributed by atoms with Gasteiger partial charge in [0.2, 0.25) is 5.91 Å². The second-order valence-corrected chi connectivity index (χ2v) is 7.23. The number of nitriles is 2. The van der Waals surface area contributed by atoms with Crippen molar-refractivity contribution in [3.05, 3.63) is 40.4 Å². The van der Waals surface area contributed by atoms with Crippen molar-refractivity contribution in [3.8, 4) is 29.3 Å². The van der Waals surface area contributed by atoms with Gasteiger partial charge in [0, 0.05) is 10.7 Å². The maximum Gasteiger partial charge on any atom is 0.266 e. The van der Waals surface area contributed by atoms with Crippen LogP contribution in [0.2, 0.25) is 5.02 Å². The first-order valence-corrected chi connectivity index (χ1v) is 9.57. The number of rotatable bonds is 5. The highest BCUT2D eigenvalue weighted by molar-refractivity contribution is 8.00. The number of nitrogens with one attached hydrogen (secondary N) is 1. The number of hydrogen-bond donors (Lipinski definition) is 2. The number of hydrogen-bond acceptors (Lipinski definition) is 9. The predicted octanol–water partition coefficient (Wildman–Crippen LogP) is 1.34. The molecule has 3 N–H and O–H groups in total. The first kappa shape index (κ1) is 20.9. The van der Waals surface area contributed by atoms with E-state index in [1.165, 1.54) is 7.05 Å². The van der Waals surface area contributed by atoms with E-state index < -0.39 is 5.95 Å². The Morgan fingerprint density at radius 2 is 2.13 bits per heavy atom. The lowest BCUT2D eigenvalue weighted by molar-refractivity contribution is -0.730. The van der Waals surface area contributed by atoms with Crippen molar-refractivity contribution in [2.24, 2.45) is 7.05 Å². The number of benzene rings is 1. The number of anilines is 2. The molecule has 0 atom stereocenters. The maximum absolute atomic E-state index is 12.3. The van der Waals surface area contributed by atoms with E-state index >= 15 is 0 Å². The molecule has 0 fully saturated rings. The minimum absolute atomic E-state index is 0.0426. The van der Waals surface area contributed by atoms with Crippen LogP contribution in [0.5, 0.6) is 5.95 Å². The largest absolute Gasteiger partial charge is 0.539 e. The van der Waals surface area contributed by atoms with E-state index in [0.29, 0.717) is 10.7 Å². The molecule has 1 aromatic carbocycles. The summed E-state index contributed by atoms with van der Waals surface area (Å²) in [6.45, 7) is 0. The minimum Gasteiger partial charge on any atom is -0.539 e. The quantitative estimate of drug-likeness (QED) is 0.438. The van der Waals surface area contributed by atoms with Crippen LogP contribution < -0.4 is 20.8 Å². The zero-order valence-electron chi connectivity index (χ0n) is 15.3. The van der Waals surface area contributed by atoms with E-state index in [2.05, 4.69) is 20.1 Å². The fourth-order valence-electron chi connectivity index (χ4n) is 2.61. The maximum atomic E-state index is 12.3. The molecule has 3 rings (SSSR count). The Hall–Kier alpha value is -3.80. The van der Waals surface area contributed by atoms with Gasteiger partial charge in [-0.15, -0.1) is 0 Å². The second kappa shape index (κ2) is 8.69. The van der Waals surface area contributed by atoms with E-state index in [1.54, 1.807) is 24.3 Å². The Balaban J connectivity index is 1.95. The van der Waals surface area contributed by atoms with Crippen molar-refractivity contribution in [1.82, 2.24) is 10.3 Å². The van der Waals surface area contributed by atoms with Gasteiger partial charge in [0.1, 0.15) is 28.5 Å². The third-order valence-corrected chi connectivity index (χ3v) is 5.07. The molecular formula is C18H12ClN7O3S. The van der Waals surface area contributed by atoms with E-state index in [-0.39, 0.29) is 44.9 Å². The molecule has 0 radical (unpaired) electrons. The molecular weight excluding hydrogens is 430 g/mol. The molecule has 10 nitrogen and oxygen atoms in total. The van der Waals surface area contributed by atoms with E-state index in [1.807, 2.05) is 12.1 Å². The standard InChI is InChI=1S/C18H12ClN7O3S/c1-26-15(18(28)29-25-26)14-11(6-20)16(22)24-17(12(14)7-21)30-8-13(27)23-10-4-2-3-9(19)5-10/h2-5H,8H2,1H3,(H3-,22,23,24,25,27,28). The normalized spacial score (nSPS) is 10.3. The molecule has 0 spiro atoms. The molecule has 0 saturated carbocycles. The summed E-state index contributed by atoms with van der Waals surface area (Å²) < 4.78 is 5.69. The van der Waals surface area contributed by atoms with Crippen molar-refractivity contribution in [2.45, 2.75) is 5.03 Å². The number of carbonyl (C=O) groups is 1. The van der Waals surface area contributed by atoms with Crippen LogP contribution in [0.25, 0.3) is 11.3 Å². The van der Waals surface area contributed by atoms with Crippen LogP contribution in [-0.4, -0.2) is 21.9 Å². The van der Waals surface area contributed by atoms with Gasteiger partial charge in [-0.1, -0.05) is 34.1 Å². The van der Waals surface area contributed by atoms with E-state index in [4.69, 9.17) is 17.3 Å². The topological polar surface area (TPSA) is 169 Å². The third kappa shape index (κ3) is 4.12. The second-order valence-electron chi connectivity index (χ2n) is 5.83. The summed E-state index contributed by atoms with van der Waals surface area (Å²) in [7, 11) is 1.42. The number of halogens is 1. The molecule has 0 aliphatic rings. The van der Waals surface area contributed by atoms with Crippen LogP contribution in [0.4, 0.5) is 11.5 Å². The Morgan fingerprint density at radius 3 is 2.73 bits per heavy atom. The number of nitrogens with two attached hydrogens (primary N) is 1. The van der Waals surface area contributed by atoms with E-state index in [9.17, 15) is 20.4 Å². The van der Waals surface area contributed by atoms with Gasteiger partial charge in [0.15, 0.2) is 13.0 Å². The lowest BCUT2D eigenvalue weighted by atomic mass is 10.0. The fraction of sp³-hybridized carbons (Fsp3) is 0.111. The molecule has 0 aliphatic carbocycles. The first-order valence-electron chi connectivity index (χ1n) is 8.21. The van der Waals surface area contributed by atoms with Gasteiger partial charge in [-0.05, 0) is 18.2 Å². The molecule has 3 aromatic rings. The monoisotopic (exact) mass is 441 g/mol. The Labute approximate surface area is 179 Å². The zero-order valence-corrected chi connectivity index (χ0v) is 16.9. The molecule has 2 heterocycles. The molecule has 1 amide bonds. The number of thioether (sulfide) groups is 1. The third-order valence-electron chi connectivity index (χ3n) is 3.86. The molecule has 0 bridgehead atoms. The highest BCUT2D eigenvalue weighted by Gasteiger charge is 2.29. The van der Waals surface area contributed by atoms with Crippen molar-refractivity contribution in [2.75, 3.05) is 16.8 Å². The first-order chi connectivity index (χ1) is 14.3. The summed E-state index contributed by atoms with van der Waals surface area (Å²) in [6.07, 6.45) is 0. The minimum atomic E-state index is -0.842. The van der Waals surface area contributed by atoms with Crippen molar-refractivity contribution in [3.63, 3.8) is 0 Å². The predicted molar refractivity (Wildman–Crippen MR) is 105 cm³/mol. The summed E-state index contributed by atoms with van der Waals surface area (Å²) in [4.78, 5) is 16.3. The van der Waals surface area contributed by atoms with Crippen LogP contribution in [0.15, 0.2) is 33.8 Å². The summed E-state index contributed by atoms with van der Waals surface area (Å²) >= 11 is 6.82. The number of nitrogen functional groups attached to an aromatic ring is 1. The zero-order chi connectivity index (χ0) is 21.8. The molecule has 12 heteroatoms. The number of carbonyl (C=O) groups excluding carboxylic acids is 1. The molecule has 2 aromatic heterocycles. The smallest absolute Gasteiger partial charge is 0.266 e. The molecule has 30 heavy (non-hydrogen) atoms. The number of nitrogens with zero attached hydrogens (tertiary/aromatic N) is 5. The average Bonchev–Trinajstić information content (AvgIpc) is 3.03. The molecule has 0 saturated heterocycles. The Bertz CT molecular complexity index is 1210. The van der Waals surface area contributed by atoms with Crippen molar-refractivity contribution < 1.29 is 19.1 Å². The summed E-state index contributed by atoms with van der Waals surface area (Å²) in [5.41, 5.74) is 5.98. The number of aryl methyl sites for hydroxylation is 1. The van der Waals surface area contributed by atoms with Crippen molar-refractivity contribution >= 4 is 40.8 Å². The van der Waals surface area contributed by atoms with Gasteiger partial charge in [0.25, 0.3) is 5.69 Å². The Morgan fingerprint density at radius 1 is 1.40 bits per heavy atom. The Kier molecular flexibility index (Phi) is 6.06. The molecule has 0 unspecified atom stereocenters. The lowest BCUT2D eigenvalue weighted by Crippen LogP contribution is -2.32. The van der Waals surface area contributed by atoms with Crippen LogP contribution in [-0.2, 0) is 11.8 Å². The van der Waals surface area contributed by atoms with Gasteiger partial charge < -0.3 is 20.7 Å². The van der Waals surface area contributed by atoms with Gasteiger partial charge in [-0.25, -0.2) is 4.98 Å². The van der Waals surface area contributed by atoms with Crippen LogP contribution >= 0.6 is 23.4 Å². The number of pyridine rings is 1. The summed E-state index contributed by atoms with van der Waals surface area (Å²) in [6, 6.07) is 10.4. The highest BCUT2D eigenvalue weighted by Crippen LogP contribution is 2.36. The van der Waals surface area contributed by atoms with E-state index in [0.717, 1.165) is 16.4 Å². The number of amides is 1. The molecule has 0 aliphatic heterocycles. The lowest BCUT2D eigenvalue weighted by Gasteiger charge is -2.11.